The van der Waals surface area contributed by atoms with Gasteiger partial charge in [0.15, 0.2) is 0 Å². The van der Waals surface area contributed by atoms with Crippen molar-refractivity contribution in [2.45, 2.75) is 12.8 Å². The van der Waals surface area contributed by atoms with Crippen LogP contribution in [0.5, 0.6) is 0 Å². The van der Waals surface area contributed by atoms with Gasteiger partial charge in [0.05, 0.1) is 10.6 Å². The highest BCUT2D eigenvalue weighted by Crippen LogP contribution is 2.31. The number of nitrogens with zero attached hydrogens (tertiary/aromatic N) is 2. The molecule has 1 aliphatic heterocycles. The predicted molar refractivity (Wildman–Crippen MR) is 84.4 cm³/mol. The van der Waals surface area contributed by atoms with E-state index in [0.29, 0.717) is 36.8 Å². The fraction of sp³-hybridized carbons (Fsp3) is 0.467. The molecule has 1 saturated heterocycles. The van der Waals surface area contributed by atoms with Crippen molar-refractivity contribution >= 4 is 39.3 Å². The Bertz CT molecular complexity index is 581. The monoisotopic (exact) mass is 370 g/mol. The van der Waals surface area contributed by atoms with Crippen molar-refractivity contribution in [2.75, 3.05) is 26.2 Å². The fourth-order valence-electron chi connectivity index (χ4n) is 2.56. The lowest BCUT2D eigenvalue weighted by Gasteiger charge is -2.35. The third-order valence-electron chi connectivity index (χ3n) is 3.99. The summed E-state index contributed by atoms with van der Waals surface area (Å²) in [6.07, 6.45) is 2.04. The smallest absolute Gasteiger partial charge is 0.255 e. The van der Waals surface area contributed by atoms with Gasteiger partial charge in [0.25, 0.3) is 5.91 Å². The molecule has 0 aromatic heterocycles. The van der Waals surface area contributed by atoms with Crippen molar-refractivity contribution in [3.05, 3.63) is 33.3 Å². The number of hydrogen-bond donors (Lipinski definition) is 0. The highest BCUT2D eigenvalue weighted by atomic mass is 79.9. The highest BCUT2D eigenvalue weighted by molar-refractivity contribution is 9.10. The Morgan fingerprint density at radius 1 is 1.10 bits per heavy atom. The van der Waals surface area contributed by atoms with E-state index < -0.39 is 0 Å². The summed E-state index contributed by atoms with van der Waals surface area (Å²) in [5.41, 5.74) is 0.507. The van der Waals surface area contributed by atoms with E-state index in [0.717, 1.165) is 17.3 Å². The minimum Gasteiger partial charge on any atom is -0.339 e. The summed E-state index contributed by atoms with van der Waals surface area (Å²) in [4.78, 5) is 28.2. The van der Waals surface area contributed by atoms with Crippen molar-refractivity contribution in [3.63, 3.8) is 0 Å². The largest absolute Gasteiger partial charge is 0.339 e. The van der Waals surface area contributed by atoms with Gasteiger partial charge in [0.2, 0.25) is 5.91 Å². The molecule has 21 heavy (non-hydrogen) atoms. The molecule has 1 aliphatic carbocycles. The third kappa shape index (κ3) is 3.09. The summed E-state index contributed by atoms with van der Waals surface area (Å²) >= 11 is 9.51. The van der Waals surface area contributed by atoms with Crippen LogP contribution in [0.25, 0.3) is 0 Å². The summed E-state index contributed by atoms with van der Waals surface area (Å²) in [7, 11) is 0. The van der Waals surface area contributed by atoms with Gasteiger partial charge in [-0.1, -0.05) is 17.7 Å². The van der Waals surface area contributed by atoms with Crippen LogP contribution in [-0.2, 0) is 4.79 Å². The van der Waals surface area contributed by atoms with Gasteiger partial charge in [-0.2, -0.15) is 0 Å². The van der Waals surface area contributed by atoms with Gasteiger partial charge >= 0.3 is 0 Å². The molecule has 6 heteroatoms. The van der Waals surface area contributed by atoms with Gasteiger partial charge in [-0.15, -0.1) is 0 Å². The van der Waals surface area contributed by atoms with E-state index in [4.69, 9.17) is 11.6 Å². The van der Waals surface area contributed by atoms with E-state index in [9.17, 15) is 9.59 Å². The van der Waals surface area contributed by atoms with Crippen molar-refractivity contribution in [2.24, 2.45) is 5.92 Å². The minimum absolute atomic E-state index is 0.0696. The van der Waals surface area contributed by atoms with E-state index in [1.807, 2.05) is 11.0 Å². The lowest BCUT2D eigenvalue weighted by Crippen LogP contribution is -2.51. The number of carbonyl (C=O) groups is 2. The second kappa shape index (κ2) is 5.97. The number of amides is 2. The molecule has 0 atom stereocenters. The predicted octanol–water partition coefficient (Wildman–Crippen LogP) is 2.80. The van der Waals surface area contributed by atoms with E-state index in [1.54, 1.807) is 17.0 Å². The summed E-state index contributed by atoms with van der Waals surface area (Å²) in [6.45, 7) is 2.37. The Kier molecular flexibility index (Phi) is 4.22. The van der Waals surface area contributed by atoms with Gasteiger partial charge in [0.1, 0.15) is 0 Å². The van der Waals surface area contributed by atoms with Crippen LogP contribution in [0.2, 0.25) is 5.02 Å². The first-order chi connectivity index (χ1) is 10.1. The molecule has 2 fully saturated rings. The van der Waals surface area contributed by atoms with Crippen molar-refractivity contribution < 1.29 is 9.59 Å². The van der Waals surface area contributed by atoms with Crippen molar-refractivity contribution in [3.8, 4) is 0 Å². The molecule has 0 spiro atoms. The maximum absolute atomic E-state index is 12.5. The standard InChI is InChI=1S/C15H16BrClN2O2/c16-12-3-1-2-11(13(12)17)15(21)19-8-6-18(7-9-19)14(20)10-4-5-10/h1-3,10H,4-9H2. The van der Waals surface area contributed by atoms with Crippen LogP contribution in [0.4, 0.5) is 0 Å². The number of piperazine rings is 1. The Morgan fingerprint density at radius 2 is 1.71 bits per heavy atom. The maximum Gasteiger partial charge on any atom is 0.255 e. The SMILES string of the molecule is O=C(c1cccc(Br)c1Cl)N1CCN(C(=O)C2CC2)CC1. The summed E-state index contributed by atoms with van der Waals surface area (Å²) in [6, 6.07) is 5.35. The molecular weight excluding hydrogens is 356 g/mol. The second-order valence-corrected chi connectivity index (χ2v) is 6.73. The third-order valence-corrected chi connectivity index (χ3v) is 5.28. The van der Waals surface area contributed by atoms with Gasteiger partial charge in [0, 0.05) is 36.6 Å². The van der Waals surface area contributed by atoms with Crippen LogP contribution in [0.15, 0.2) is 22.7 Å². The highest BCUT2D eigenvalue weighted by Gasteiger charge is 2.35. The van der Waals surface area contributed by atoms with Crippen molar-refractivity contribution in [1.29, 1.82) is 0 Å². The molecule has 4 nitrogen and oxygen atoms in total. The number of carbonyl (C=O) groups excluding carboxylic acids is 2. The molecule has 0 bridgehead atoms. The van der Waals surface area contributed by atoms with Crippen LogP contribution < -0.4 is 0 Å². The van der Waals surface area contributed by atoms with Gasteiger partial charge < -0.3 is 9.80 Å². The molecule has 1 aromatic carbocycles. The Morgan fingerprint density at radius 3 is 2.33 bits per heavy atom. The van der Waals surface area contributed by atoms with Gasteiger partial charge in [-0.05, 0) is 40.9 Å². The quantitative estimate of drug-likeness (QED) is 0.802. The first kappa shape index (κ1) is 14.9. The maximum atomic E-state index is 12.5. The Hall–Kier alpha value is -1.07. The molecular formula is C15H16BrClN2O2. The number of rotatable bonds is 2. The molecule has 1 saturated carbocycles. The molecule has 0 unspecified atom stereocenters. The average molecular weight is 372 g/mol. The van der Waals surface area contributed by atoms with E-state index in [-0.39, 0.29) is 17.7 Å². The minimum atomic E-state index is -0.0696. The van der Waals surface area contributed by atoms with Crippen LogP contribution in [0.3, 0.4) is 0 Å². The zero-order valence-corrected chi connectivity index (χ0v) is 13.9. The average Bonchev–Trinajstić information content (AvgIpc) is 3.33. The molecule has 2 amide bonds. The Balaban J connectivity index is 1.64. The fourth-order valence-corrected chi connectivity index (χ4v) is 3.13. The van der Waals surface area contributed by atoms with E-state index >= 15 is 0 Å². The first-order valence-electron chi connectivity index (χ1n) is 7.10. The van der Waals surface area contributed by atoms with E-state index in [1.165, 1.54) is 0 Å². The second-order valence-electron chi connectivity index (χ2n) is 5.49. The van der Waals surface area contributed by atoms with Gasteiger partial charge in [-0.3, -0.25) is 9.59 Å². The lowest BCUT2D eigenvalue weighted by atomic mass is 10.1. The zero-order chi connectivity index (χ0) is 15.0. The normalized spacial score (nSPS) is 18.8. The molecule has 3 rings (SSSR count). The molecule has 1 aromatic rings. The molecule has 1 heterocycles. The molecule has 0 radical (unpaired) electrons. The molecule has 2 aliphatic rings. The summed E-state index contributed by atoms with van der Waals surface area (Å²) < 4.78 is 0.720. The number of halogens is 2. The van der Waals surface area contributed by atoms with Crippen LogP contribution in [-0.4, -0.2) is 47.8 Å². The van der Waals surface area contributed by atoms with Gasteiger partial charge in [-0.25, -0.2) is 0 Å². The van der Waals surface area contributed by atoms with Crippen molar-refractivity contribution in [1.82, 2.24) is 9.80 Å². The van der Waals surface area contributed by atoms with E-state index in [2.05, 4.69) is 15.9 Å². The number of hydrogen-bond acceptors (Lipinski definition) is 2. The zero-order valence-electron chi connectivity index (χ0n) is 11.5. The van der Waals surface area contributed by atoms with Crippen LogP contribution >= 0.6 is 27.5 Å². The first-order valence-corrected chi connectivity index (χ1v) is 8.27. The van der Waals surface area contributed by atoms with Crippen LogP contribution in [0.1, 0.15) is 23.2 Å². The summed E-state index contributed by atoms with van der Waals surface area (Å²) in [5, 5.41) is 0.444. The topological polar surface area (TPSA) is 40.6 Å². The number of benzene rings is 1. The lowest BCUT2D eigenvalue weighted by molar-refractivity contribution is -0.134. The molecule has 112 valence electrons. The molecule has 0 N–H and O–H groups in total. The van der Waals surface area contributed by atoms with Crippen LogP contribution in [0, 0.1) is 5.92 Å². The Labute approximate surface area is 137 Å². The summed E-state index contributed by atoms with van der Waals surface area (Å²) in [5.74, 6) is 0.425.